The summed E-state index contributed by atoms with van der Waals surface area (Å²) in [6.07, 6.45) is 0. The number of rotatable bonds is 0. The van der Waals surface area contributed by atoms with E-state index in [1.54, 1.807) is 0 Å². The second-order valence-corrected chi connectivity index (χ2v) is 1.85. The van der Waals surface area contributed by atoms with Gasteiger partial charge in [0.05, 0.1) is 0 Å². The second kappa shape index (κ2) is 7.77. The van der Waals surface area contributed by atoms with Gasteiger partial charge in [0.2, 0.25) is 0 Å². The summed E-state index contributed by atoms with van der Waals surface area (Å²) in [5, 5.41) is 0. The molecule has 4 nitrogen and oxygen atoms in total. The topological polar surface area (TPSA) is 74.6 Å². The smallest absolute Gasteiger partial charge is 0 e. The number of hydrogen-bond acceptors (Lipinski definition) is 2. The average Bonchev–Trinajstić information content (AvgIpc) is 0.722. The molecule has 0 atom stereocenters. The first-order valence-corrected chi connectivity index (χ1v) is 2.88. The second-order valence-electron chi connectivity index (χ2n) is 0.448. The van der Waals surface area contributed by atoms with E-state index in [4.69, 9.17) is 15.9 Å². The van der Waals surface area contributed by atoms with Gasteiger partial charge in [-0.05, 0) is 0 Å². The molecule has 0 spiro atoms. The predicted octanol–water partition coefficient (Wildman–Crippen LogP) is -2.12. The summed E-state index contributed by atoms with van der Waals surface area (Å²) in [7, 11) is 0. The number of hydrogen-bond donors (Lipinski definition) is 2. The van der Waals surface area contributed by atoms with Crippen LogP contribution in [0.2, 0.25) is 0 Å². The van der Waals surface area contributed by atoms with Crippen molar-refractivity contribution in [1.29, 1.82) is 0 Å². The Bertz CT molecular complexity index is 92.9. The zero-order chi connectivity index (χ0) is 4.50. The zero-order valence-corrected chi connectivity index (χ0v) is 15.2. The normalized spacial score (nSPS) is 8.29. The monoisotopic (exact) mass is 288 g/mol. The fourth-order valence-electron chi connectivity index (χ4n) is 0. The summed E-state index contributed by atoms with van der Waals surface area (Å²) in [5.41, 5.74) is 0. The molecule has 0 saturated carbocycles. The first kappa shape index (κ1) is 17.0. The van der Waals surface area contributed by atoms with Crippen LogP contribution in [0, 0.1) is 0 Å². The summed E-state index contributed by atoms with van der Waals surface area (Å²) < 4.78 is 31.9. The average molecular weight is 289 g/mol. The van der Waals surface area contributed by atoms with E-state index in [1.807, 2.05) is 0 Å². The molecule has 2 N–H and O–H groups in total. The Labute approximate surface area is 141 Å². The van der Waals surface area contributed by atoms with E-state index in [-0.39, 0.29) is 116 Å². The molecule has 0 heterocycles. The molecule has 34 valence electrons. The molecule has 0 aromatic rings. The zero-order valence-electron chi connectivity index (χ0n) is 4.12. The van der Waals surface area contributed by atoms with Gasteiger partial charge in [0.15, 0.2) is 0 Å². The van der Waals surface area contributed by atoms with Gasteiger partial charge in [0.25, 0.3) is 0 Å². The standard InChI is InChI=1S/Cr.2H2O.2O.2Rb/h;2*1H2;;;;/q+2;;;;;;/p-2. The van der Waals surface area contributed by atoms with Crippen molar-refractivity contribution in [1.82, 2.24) is 0 Å². The summed E-state index contributed by atoms with van der Waals surface area (Å²) >= 11 is -5.25. The summed E-state index contributed by atoms with van der Waals surface area (Å²) in [4.78, 5) is 0. The van der Waals surface area contributed by atoms with E-state index < -0.39 is 13.6 Å². The van der Waals surface area contributed by atoms with Crippen molar-refractivity contribution in [2.75, 3.05) is 0 Å². The maximum Gasteiger partial charge on any atom is 0 e. The SMILES string of the molecule is [O]=[Cr](=[O])([OH])[OH].[Rb].[Rb]. The van der Waals surface area contributed by atoms with Gasteiger partial charge in [0.1, 0.15) is 0 Å². The van der Waals surface area contributed by atoms with Crippen LogP contribution in [0.5, 0.6) is 0 Å². The van der Waals surface area contributed by atoms with Gasteiger partial charge >= 0.3 is 29.5 Å². The maximum atomic E-state index is 8.82. The molecule has 0 saturated heterocycles. The molecule has 0 aromatic carbocycles. The molecule has 0 unspecified atom stereocenters. The van der Waals surface area contributed by atoms with Crippen LogP contribution in [-0.4, -0.2) is 125 Å². The van der Waals surface area contributed by atoms with Crippen LogP contribution in [0.25, 0.3) is 0 Å². The molecule has 0 aliphatic rings. The summed E-state index contributed by atoms with van der Waals surface area (Å²) in [6.45, 7) is 0. The van der Waals surface area contributed by atoms with Crippen molar-refractivity contribution in [2.24, 2.45) is 0 Å². The van der Waals surface area contributed by atoms with E-state index in [2.05, 4.69) is 0 Å². The minimum Gasteiger partial charge on any atom is 0 e. The van der Waals surface area contributed by atoms with Crippen LogP contribution in [-0.2, 0) is 21.2 Å². The van der Waals surface area contributed by atoms with Gasteiger partial charge in [-0.15, -0.1) is 0 Å². The Morgan fingerprint density at radius 1 is 1.00 bits per heavy atom. The maximum absolute atomic E-state index is 8.82. The molecule has 7 heavy (non-hydrogen) atoms. The summed E-state index contributed by atoms with van der Waals surface area (Å²) in [6, 6.07) is 0. The van der Waals surface area contributed by atoms with Crippen LogP contribution in [0.1, 0.15) is 0 Å². The molecule has 0 fully saturated rings. The van der Waals surface area contributed by atoms with Crippen LogP contribution >= 0.6 is 0 Å². The van der Waals surface area contributed by atoms with Crippen molar-refractivity contribution < 1.29 is 29.5 Å². The molecular formula is H2CrO4Rb2. The largest absolute Gasteiger partial charge is 0 e. The molecule has 0 aliphatic heterocycles. The van der Waals surface area contributed by atoms with E-state index in [1.165, 1.54) is 0 Å². The Hall–Kier alpha value is 3.66. The third kappa shape index (κ3) is 42.3. The van der Waals surface area contributed by atoms with Gasteiger partial charge in [-0.25, -0.2) is 0 Å². The van der Waals surface area contributed by atoms with Crippen molar-refractivity contribution in [2.45, 2.75) is 0 Å². The third-order valence-corrected chi connectivity index (χ3v) is 0. The predicted molar refractivity (Wildman–Crippen MR) is 17.3 cm³/mol. The molecular weight excluding hydrogens is 287 g/mol. The van der Waals surface area contributed by atoms with Crippen molar-refractivity contribution >= 4 is 116 Å². The Balaban J connectivity index is -0.0000000800. The van der Waals surface area contributed by atoms with Crippen LogP contribution in [0.3, 0.4) is 0 Å². The molecule has 2 radical (unpaired) electrons. The molecule has 7 heteroatoms. The fraction of sp³-hybridized carbons (Fsp3) is 0. The van der Waals surface area contributed by atoms with Crippen molar-refractivity contribution in [3.8, 4) is 0 Å². The van der Waals surface area contributed by atoms with Gasteiger partial charge in [0, 0.05) is 116 Å². The van der Waals surface area contributed by atoms with Crippen LogP contribution in [0.15, 0.2) is 0 Å². The molecule has 0 rings (SSSR count). The molecule has 0 aliphatic carbocycles. The minimum absolute atomic E-state index is 0. The third-order valence-electron chi connectivity index (χ3n) is 0. The van der Waals surface area contributed by atoms with Crippen molar-refractivity contribution in [3.63, 3.8) is 0 Å². The van der Waals surface area contributed by atoms with Gasteiger partial charge in [-0.1, -0.05) is 0 Å². The van der Waals surface area contributed by atoms with E-state index in [0.29, 0.717) is 0 Å². The first-order valence-electron chi connectivity index (χ1n) is 0.698. The van der Waals surface area contributed by atoms with Gasteiger partial charge in [-0.3, -0.25) is 0 Å². The van der Waals surface area contributed by atoms with Gasteiger partial charge in [-0.2, -0.15) is 0 Å². The van der Waals surface area contributed by atoms with E-state index in [9.17, 15) is 0 Å². The fourth-order valence-corrected chi connectivity index (χ4v) is 0. The van der Waals surface area contributed by atoms with Gasteiger partial charge < -0.3 is 0 Å². The summed E-state index contributed by atoms with van der Waals surface area (Å²) in [5.74, 6) is 0. The molecule has 0 aromatic heterocycles. The molecule has 0 amide bonds. The molecule has 0 bridgehead atoms. The Morgan fingerprint density at radius 3 is 1.00 bits per heavy atom. The van der Waals surface area contributed by atoms with E-state index in [0.717, 1.165) is 0 Å². The Kier molecular flexibility index (Phi) is 18.8. The van der Waals surface area contributed by atoms with E-state index >= 15 is 0 Å². The quantitative estimate of drug-likeness (QED) is 0.535. The minimum atomic E-state index is -5.25. The van der Waals surface area contributed by atoms with Crippen LogP contribution < -0.4 is 0 Å². The van der Waals surface area contributed by atoms with Crippen LogP contribution in [0.4, 0.5) is 0 Å². The first-order chi connectivity index (χ1) is 2.00. The van der Waals surface area contributed by atoms with Crippen molar-refractivity contribution in [3.05, 3.63) is 0 Å². The Morgan fingerprint density at radius 2 is 1.00 bits per heavy atom.